The van der Waals surface area contributed by atoms with Crippen LogP contribution in [0.4, 0.5) is 8.78 Å². The summed E-state index contributed by atoms with van der Waals surface area (Å²) < 4.78 is 26.5. The molecule has 22 heavy (non-hydrogen) atoms. The molecule has 0 aliphatic heterocycles. The van der Waals surface area contributed by atoms with Gasteiger partial charge in [-0.2, -0.15) is 0 Å². The Balaban J connectivity index is 0.00000242. The van der Waals surface area contributed by atoms with Gasteiger partial charge in [-0.25, -0.2) is 8.78 Å². The summed E-state index contributed by atoms with van der Waals surface area (Å²) in [5.74, 6) is -2.06. The zero-order chi connectivity index (χ0) is 15.4. The van der Waals surface area contributed by atoms with Gasteiger partial charge in [0.25, 0.3) is 0 Å². The maximum Gasteiger partial charge on any atom is 0.242 e. The lowest BCUT2D eigenvalue weighted by Gasteiger charge is -2.23. The van der Waals surface area contributed by atoms with Gasteiger partial charge in [0.1, 0.15) is 11.6 Å². The van der Waals surface area contributed by atoms with Crippen LogP contribution in [0.25, 0.3) is 0 Å². The molecule has 1 fully saturated rings. The summed E-state index contributed by atoms with van der Waals surface area (Å²) in [4.78, 5) is 24.7. The van der Waals surface area contributed by atoms with Gasteiger partial charge < -0.3 is 16.0 Å². The molecule has 1 aromatic carbocycles. The van der Waals surface area contributed by atoms with Gasteiger partial charge in [0.05, 0.1) is 13.1 Å². The predicted octanol–water partition coefficient (Wildman–Crippen LogP) is 0.953. The van der Waals surface area contributed by atoms with Crippen LogP contribution in [0.15, 0.2) is 18.2 Å². The summed E-state index contributed by atoms with van der Waals surface area (Å²) in [6, 6.07) is 3.33. The van der Waals surface area contributed by atoms with Crippen LogP contribution in [0.3, 0.4) is 0 Å². The first-order chi connectivity index (χ1) is 10.0. The lowest BCUT2D eigenvalue weighted by Crippen LogP contribution is -2.42. The summed E-state index contributed by atoms with van der Waals surface area (Å²) in [7, 11) is 0. The standard InChI is InChI=1S/C14H17F2N3O2.ClH/c15-10-2-1-9(12(16)5-10)8-19(11-3-4-11)14(21)7-18-13(20)6-17;/h1-2,5,11H,3-4,6-8,17H2,(H,18,20);1H. The zero-order valence-corrected chi connectivity index (χ0v) is 12.7. The average molecular weight is 334 g/mol. The second kappa shape index (κ2) is 8.05. The van der Waals surface area contributed by atoms with Crippen LogP contribution in [0, 0.1) is 11.6 Å². The summed E-state index contributed by atoms with van der Waals surface area (Å²) >= 11 is 0. The third-order valence-electron chi connectivity index (χ3n) is 3.29. The van der Waals surface area contributed by atoms with E-state index in [0.29, 0.717) is 0 Å². The molecular weight excluding hydrogens is 316 g/mol. The van der Waals surface area contributed by atoms with Gasteiger partial charge in [-0.15, -0.1) is 12.4 Å². The highest BCUT2D eigenvalue weighted by Gasteiger charge is 2.32. The van der Waals surface area contributed by atoms with E-state index in [1.54, 1.807) is 0 Å². The number of nitrogens with two attached hydrogens (primary N) is 1. The van der Waals surface area contributed by atoms with E-state index >= 15 is 0 Å². The maximum absolute atomic E-state index is 13.7. The van der Waals surface area contributed by atoms with E-state index in [9.17, 15) is 18.4 Å². The number of hydrogen-bond acceptors (Lipinski definition) is 3. The number of nitrogens with zero attached hydrogens (tertiary/aromatic N) is 1. The molecule has 122 valence electrons. The molecule has 0 heterocycles. The molecule has 0 atom stereocenters. The molecule has 0 bridgehead atoms. The van der Waals surface area contributed by atoms with E-state index in [0.717, 1.165) is 25.0 Å². The predicted molar refractivity (Wildman–Crippen MR) is 79.2 cm³/mol. The third-order valence-corrected chi connectivity index (χ3v) is 3.29. The summed E-state index contributed by atoms with van der Waals surface area (Å²) in [5.41, 5.74) is 5.39. The number of carbonyl (C=O) groups excluding carboxylic acids is 2. The van der Waals surface area contributed by atoms with Gasteiger partial charge in [-0.1, -0.05) is 6.07 Å². The summed E-state index contributed by atoms with van der Waals surface area (Å²) in [6.07, 6.45) is 1.69. The molecule has 1 aliphatic rings. The smallest absolute Gasteiger partial charge is 0.242 e. The minimum absolute atomic E-state index is 0. The van der Waals surface area contributed by atoms with Crippen molar-refractivity contribution in [1.29, 1.82) is 0 Å². The van der Waals surface area contributed by atoms with Crippen LogP contribution in [-0.2, 0) is 16.1 Å². The highest BCUT2D eigenvalue weighted by molar-refractivity contribution is 5.86. The molecule has 0 spiro atoms. The topological polar surface area (TPSA) is 75.4 Å². The van der Waals surface area contributed by atoms with Gasteiger partial charge in [-0.3, -0.25) is 9.59 Å². The van der Waals surface area contributed by atoms with Crippen molar-refractivity contribution in [2.75, 3.05) is 13.1 Å². The van der Waals surface area contributed by atoms with Gasteiger partial charge in [0.2, 0.25) is 11.8 Å². The molecule has 1 aliphatic carbocycles. The molecule has 0 saturated heterocycles. The molecule has 3 N–H and O–H groups in total. The number of benzene rings is 1. The lowest BCUT2D eigenvalue weighted by atomic mass is 10.2. The van der Waals surface area contributed by atoms with Crippen molar-refractivity contribution in [2.45, 2.75) is 25.4 Å². The first kappa shape index (κ1) is 18.3. The van der Waals surface area contributed by atoms with Crippen molar-refractivity contribution in [2.24, 2.45) is 5.73 Å². The highest BCUT2D eigenvalue weighted by atomic mass is 35.5. The van der Waals surface area contributed by atoms with Crippen LogP contribution in [0.1, 0.15) is 18.4 Å². The SMILES string of the molecule is Cl.NCC(=O)NCC(=O)N(Cc1ccc(F)cc1F)C1CC1. The monoisotopic (exact) mass is 333 g/mol. The Hall–Kier alpha value is -1.73. The Labute approximate surface area is 133 Å². The Kier molecular flexibility index (Phi) is 6.70. The second-order valence-electron chi connectivity index (χ2n) is 4.97. The number of rotatable bonds is 6. The molecule has 5 nitrogen and oxygen atoms in total. The fourth-order valence-electron chi connectivity index (χ4n) is 1.99. The van der Waals surface area contributed by atoms with Gasteiger partial charge in [0, 0.05) is 24.2 Å². The molecule has 0 unspecified atom stereocenters. The first-order valence-corrected chi connectivity index (χ1v) is 6.71. The van der Waals surface area contributed by atoms with Crippen LogP contribution in [-0.4, -0.2) is 35.8 Å². The lowest BCUT2D eigenvalue weighted by molar-refractivity contribution is -0.133. The zero-order valence-electron chi connectivity index (χ0n) is 11.9. The molecule has 1 aromatic rings. The quantitative estimate of drug-likeness (QED) is 0.814. The minimum Gasteiger partial charge on any atom is -0.346 e. The third kappa shape index (κ3) is 4.92. The van der Waals surface area contributed by atoms with E-state index in [1.165, 1.54) is 11.0 Å². The van der Waals surface area contributed by atoms with Gasteiger partial charge in [0.15, 0.2) is 0 Å². The van der Waals surface area contributed by atoms with Crippen molar-refractivity contribution in [1.82, 2.24) is 10.2 Å². The van der Waals surface area contributed by atoms with E-state index < -0.39 is 17.5 Å². The fraction of sp³-hybridized carbons (Fsp3) is 0.429. The largest absolute Gasteiger partial charge is 0.346 e. The number of amides is 2. The highest BCUT2D eigenvalue weighted by Crippen LogP contribution is 2.28. The van der Waals surface area contributed by atoms with Crippen molar-refractivity contribution in [3.8, 4) is 0 Å². The fourth-order valence-corrected chi connectivity index (χ4v) is 1.99. The van der Waals surface area contributed by atoms with Gasteiger partial charge in [-0.05, 0) is 18.9 Å². The summed E-state index contributed by atoms with van der Waals surface area (Å²) in [6.45, 7) is -0.299. The minimum atomic E-state index is -0.681. The van der Waals surface area contributed by atoms with Crippen LogP contribution in [0.5, 0.6) is 0 Å². The Morgan fingerprint density at radius 2 is 2.00 bits per heavy atom. The molecule has 2 amide bonds. The Morgan fingerprint density at radius 1 is 1.32 bits per heavy atom. The summed E-state index contributed by atoms with van der Waals surface area (Å²) in [5, 5.41) is 2.40. The normalized spacial score (nSPS) is 13.2. The number of carbonyl (C=O) groups is 2. The Bertz CT molecular complexity index is 553. The average Bonchev–Trinajstić information content (AvgIpc) is 3.28. The van der Waals surface area contributed by atoms with Crippen LogP contribution < -0.4 is 11.1 Å². The number of hydrogen-bond donors (Lipinski definition) is 2. The van der Waals surface area contributed by atoms with Crippen molar-refractivity contribution >= 4 is 24.2 Å². The first-order valence-electron chi connectivity index (χ1n) is 6.71. The van der Waals surface area contributed by atoms with E-state index in [4.69, 9.17) is 5.73 Å². The molecule has 1 saturated carbocycles. The number of nitrogens with one attached hydrogen (secondary N) is 1. The van der Waals surface area contributed by atoms with Crippen molar-refractivity contribution < 1.29 is 18.4 Å². The second-order valence-corrected chi connectivity index (χ2v) is 4.97. The molecule has 0 radical (unpaired) electrons. The van der Waals surface area contributed by atoms with E-state index in [2.05, 4.69) is 5.32 Å². The maximum atomic E-state index is 13.7. The molecule has 0 aromatic heterocycles. The number of halogens is 3. The Morgan fingerprint density at radius 3 is 2.55 bits per heavy atom. The van der Waals surface area contributed by atoms with E-state index in [1.807, 2.05) is 0 Å². The molecule has 2 rings (SSSR count). The van der Waals surface area contributed by atoms with Crippen molar-refractivity contribution in [3.63, 3.8) is 0 Å². The molecule has 8 heteroatoms. The van der Waals surface area contributed by atoms with E-state index in [-0.39, 0.29) is 49.6 Å². The van der Waals surface area contributed by atoms with Crippen LogP contribution >= 0.6 is 12.4 Å². The molecular formula is C14H18ClF2N3O2. The van der Waals surface area contributed by atoms with Crippen LogP contribution in [0.2, 0.25) is 0 Å². The van der Waals surface area contributed by atoms with Gasteiger partial charge >= 0.3 is 0 Å². The van der Waals surface area contributed by atoms with Crippen molar-refractivity contribution in [3.05, 3.63) is 35.4 Å².